The molecule has 0 radical (unpaired) electrons. The van der Waals surface area contributed by atoms with E-state index in [0.717, 1.165) is 25.0 Å². The van der Waals surface area contributed by atoms with Crippen LogP contribution in [0.15, 0.2) is 47.7 Å². The molecule has 0 saturated heterocycles. The van der Waals surface area contributed by atoms with E-state index in [0.29, 0.717) is 5.92 Å². The smallest absolute Gasteiger partial charge is 0.0306 e. The van der Waals surface area contributed by atoms with E-state index in [1.54, 1.807) is 0 Å². The molecule has 0 aromatic rings. The SMILES string of the molecule is N/C(=C\C[C@H]1C=CCCC1)C1=CC=CCC1. The Labute approximate surface area is 98.4 Å². The zero-order valence-corrected chi connectivity index (χ0v) is 9.86. The Bertz CT molecular complexity index is 344. The lowest BCUT2D eigenvalue weighted by Gasteiger charge is -2.15. The molecule has 0 aliphatic heterocycles. The normalized spacial score (nSPS) is 25.6. The van der Waals surface area contributed by atoms with E-state index in [1.807, 2.05) is 0 Å². The molecule has 0 unspecified atom stereocenters. The van der Waals surface area contributed by atoms with Gasteiger partial charge in [-0.25, -0.2) is 0 Å². The Balaban J connectivity index is 1.90. The van der Waals surface area contributed by atoms with Crippen molar-refractivity contribution in [1.82, 2.24) is 0 Å². The van der Waals surface area contributed by atoms with E-state index in [1.165, 1.54) is 24.8 Å². The number of rotatable bonds is 3. The molecule has 0 amide bonds. The van der Waals surface area contributed by atoms with Gasteiger partial charge in [0.05, 0.1) is 0 Å². The van der Waals surface area contributed by atoms with Gasteiger partial charge in [0.1, 0.15) is 0 Å². The molecule has 0 heterocycles. The van der Waals surface area contributed by atoms with Crippen LogP contribution in [0.3, 0.4) is 0 Å². The molecule has 0 spiro atoms. The second-order valence-electron chi connectivity index (χ2n) is 4.67. The molecule has 0 saturated carbocycles. The third-order valence-corrected chi connectivity index (χ3v) is 3.38. The summed E-state index contributed by atoms with van der Waals surface area (Å²) in [7, 11) is 0. The molecule has 2 aliphatic carbocycles. The van der Waals surface area contributed by atoms with Crippen LogP contribution in [-0.4, -0.2) is 0 Å². The molecule has 0 fully saturated rings. The highest BCUT2D eigenvalue weighted by Crippen LogP contribution is 2.23. The van der Waals surface area contributed by atoms with E-state index in [4.69, 9.17) is 5.73 Å². The third kappa shape index (κ3) is 3.13. The molecule has 86 valence electrons. The first-order chi connectivity index (χ1) is 7.86. The van der Waals surface area contributed by atoms with Gasteiger partial charge in [-0.3, -0.25) is 0 Å². The maximum atomic E-state index is 6.10. The van der Waals surface area contributed by atoms with Gasteiger partial charge in [0.15, 0.2) is 0 Å². The first-order valence-electron chi connectivity index (χ1n) is 6.34. The van der Waals surface area contributed by atoms with E-state index < -0.39 is 0 Å². The van der Waals surface area contributed by atoms with Crippen molar-refractivity contribution in [2.45, 2.75) is 38.5 Å². The Kier molecular flexibility index (Phi) is 4.03. The monoisotopic (exact) mass is 215 g/mol. The number of hydrogen-bond acceptors (Lipinski definition) is 1. The zero-order chi connectivity index (χ0) is 11.2. The molecule has 16 heavy (non-hydrogen) atoms. The summed E-state index contributed by atoms with van der Waals surface area (Å²) in [6, 6.07) is 0. The highest BCUT2D eigenvalue weighted by molar-refractivity contribution is 5.34. The molecule has 2 aliphatic rings. The van der Waals surface area contributed by atoms with Gasteiger partial charge in [-0.05, 0) is 50.0 Å². The molecule has 1 atom stereocenters. The molecular formula is C15H21N. The predicted molar refractivity (Wildman–Crippen MR) is 69.8 cm³/mol. The minimum Gasteiger partial charge on any atom is -0.399 e. The van der Waals surface area contributed by atoms with Crippen LogP contribution >= 0.6 is 0 Å². The second-order valence-corrected chi connectivity index (χ2v) is 4.67. The van der Waals surface area contributed by atoms with Crippen molar-refractivity contribution < 1.29 is 0 Å². The molecule has 1 nitrogen and oxygen atoms in total. The summed E-state index contributed by atoms with van der Waals surface area (Å²) in [4.78, 5) is 0. The van der Waals surface area contributed by atoms with Gasteiger partial charge in [0, 0.05) is 5.70 Å². The predicted octanol–water partition coefficient (Wildman–Crippen LogP) is 3.85. The zero-order valence-electron chi connectivity index (χ0n) is 9.86. The van der Waals surface area contributed by atoms with E-state index in [-0.39, 0.29) is 0 Å². The fourth-order valence-electron chi connectivity index (χ4n) is 2.33. The van der Waals surface area contributed by atoms with Crippen molar-refractivity contribution in [1.29, 1.82) is 0 Å². The molecule has 2 N–H and O–H groups in total. The highest BCUT2D eigenvalue weighted by atomic mass is 14.6. The van der Waals surface area contributed by atoms with E-state index in [2.05, 4.69) is 36.5 Å². The molecule has 0 bridgehead atoms. The van der Waals surface area contributed by atoms with Gasteiger partial charge in [-0.2, -0.15) is 0 Å². The van der Waals surface area contributed by atoms with Crippen LogP contribution in [0.5, 0.6) is 0 Å². The summed E-state index contributed by atoms with van der Waals surface area (Å²) in [5, 5.41) is 0. The van der Waals surface area contributed by atoms with Gasteiger partial charge in [0.25, 0.3) is 0 Å². The van der Waals surface area contributed by atoms with Crippen LogP contribution in [0, 0.1) is 5.92 Å². The number of nitrogens with two attached hydrogens (primary N) is 1. The van der Waals surface area contributed by atoms with Crippen molar-refractivity contribution in [2.75, 3.05) is 0 Å². The van der Waals surface area contributed by atoms with Crippen molar-refractivity contribution in [3.8, 4) is 0 Å². The summed E-state index contributed by atoms with van der Waals surface area (Å²) < 4.78 is 0. The molecule has 2 rings (SSSR count). The Hall–Kier alpha value is -1.24. The maximum Gasteiger partial charge on any atom is 0.0306 e. The van der Waals surface area contributed by atoms with Crippen LogP contribution in [0.25, 0.3) is 0 Å². The summed E-state index contributed by atoms with van der Waals surface area (Å²) in [6.45, 7) is 0. The van der Waals surface area contributed by atoms with Crippen LogP contribution in [0.1, 0.15) is 38.5 Å². The summed E-state index contributed by atoms with van der Waals surface area (Å²) in [6.07, 6.45) is 20.6. The average molecular weight is 215 g/mol. The topological polar surface area (TPSA) is 26.0 Å². The number of allylic oxidation sites excluding steroid dienone is 7. The van der Waals surface area contributed by atoms with E-state index in [9.17, 15) is 0 Å². The van der Waals surface area contributed by atoms with Gasteiger partial charge in [-0.1, -0.05) is 36.5 Å². The molecule has 0 aromatic heterocycles. The highest BCUT2D eigenvalue weighted by Gasteiger charge is 2.08. The second kappa shape index (κ2) is 5.74. The quantitative estimate of drug-likeness (QED) is 0.711. The summed E-state index contributed by atoms with van der Waals surface area (Å²) in [5.74, 6) is 0.715. The lowest BCUT2D eigenvalue weighted by molar-refractivity contribution is 0.546. The van der Waals surface area contributed by atoms with Gasteiger partial charge < -0.3 is 5.73 Å². The van der Waals surface area contributed by atoms with Gasteiger partial charge in [0.2, 0.25) is 0 Å². The fourth-order valence-corrected chi connectivity index (χ4v) is 2.33. The Morgan fingerprint density at radius 1 is 1.38 bits per heavy atom. The van der Waals surface area contributed by atoms with Crippen LogP contribution in [0.4, 0.5) is 0 Å². The van der Waals surface area contributed by atoms with Crippen molar-refractivity contribution in [3.05, 3.63) is 47.7 Å². The van der Waals surface area contributed by atoms with Gasteiger partial charge >= 0.3 is 0 Å². The Morgan fingerprint density at radius 3 is 3.00 bits per heavy atom. The molecule has 0 aromatic carbocycles. The lowest BCUT2D eigenvalue weighted by atomic mass is 9.92. The largest absolute Gasteiger partial charge is 0.399 e. The Morgan fingerprint density at radius 2 is 2.31 bits per heavy atom. The fraction of sp³-hybridized carbons (Fsp3) is 0.467. The molecular weight excluding hydrogens is 194 g/mol. The first kappa shape index (κ1) is 11.3. The standard InChI is InChI=1S/C15H21N/c16-15(14-9-5-2-6-10-14)12-11-13-7-3-1-4-8-13/h2-3,5,7,9,12-13H,1,4,6,8,10-11,16H2/b15-12-/t13-/m0/s1. The third-order valence-electron chi connectivity index (χ3n) is 3.38. The summed E-state index contributed by atoms with van der Waals surface area (Å²) in [5.41, 5.74) is 8.40. The number of hydrogen-bond donors (Lipinski definition) is 1. The lowest BCUT2D eigenvalue weighted by Crippen LogP contribution is -2.05. The van der Waals surface area contributed by atoms with Crippen molar-refractivity contribution in [3.63, 3.8) is 0 Å². The molecule has 1 heteroatoms. The summed E-state index contributed by atoms with van der Waals surface area (Å²) >= 11 is 0. The van der Waals surface area contributed by atoms with E-state index >= 15 is 0 Å². The van der Waals surface area contributed by atoms with Crippen LogP contribution in [-0.2, 0) is 0 Å². The maximum absolute atomic E-state index is 6.10. The van der Waals surface area contributed by atoms with Crippen LogP contribution < -0.4 is 5.73 Å². The average Bonchev–Trinajstić information content (AvgIpc) is 2.38. The van der Waals surface area contributed by atoms with Crippen molar-refractivity contribution >= 4 is 0 Å². The van der Waals surface area contributed by atoms with Crippen LogP contribution in [0.2, 0.25) is 0 Å². The van der Waals surface area contributed by atoms with Crippen molar-refractivity contribution in [2.24, 2.45) is 11.7 Å². The minimum atomic E-state index is 0.715. The first-order valence-corrected chi connectivity index (χ1v) is 6.34. The minimum absolute atomic E-state index is 0.715. The van der Waals surface area contributed by atoms with Gasteiger partial charge in [-0.15, -0.1) is 0 Å².